The molecule has 5 heteroatoms. The zero-order valence-electron chi connectivity index (χ0n) is 4.79. The maximum absolute atomic E-state index is 8.48. The number of thiol groups is 1. The molecule has 1 rings (SSSR count). The van der Waals surface area contributed by atoms with Crippen molar-refractivity contribution >= 4 is 11.0 Å². The maximum atomic E-state index is 8.48. The maximum Gasteiger partial charge on any atom is 1.00 e. The molecule has 0 spiro atoms. The Kier molecular flexibility index (Phi) is 13.1. The Hall–Kier alpha value is 1.55. The van der Waals surface area contributed by atoms with E-state index >= 15 is 0 Å². The first-order valence-electron chi connectivity index (χ1n) is 2.05. The SMILES string of the molecule is C1CC1.O=[SH](=O)[O-].[K+]. The number of rotatable bonds is 0. The summed E-state index contributed by atoms with van der Waals surface area (Å²) >= 11 is 0. The molecule has 1 fully saturated rings. The van der Waals surface area contributed by atoms with Gasteiger partial charge < -0.3 is 4.55 Å². The van der Waals surface area contributed by atoms with Crippen molar-refractivity contribution in [1.29, 1.82) is 0 Å². The first-order chi connectivity index (χ1) is 3.23. The van der Waals surface area contributed by atoms with Gasteiger partial charge in [-0.15, -0.1) is 0 Å². The Labute approximate surface area is 93.1 Å². The summed E-state index contributed by atoms with van der Waals surface area (Å²) in [5.74, 6) is 0. The topological polar surface area (TPSA) is 57.2 Å². The monoisotopic (exact) mass is 162 g/mol. The van der Waals surface area contributed by atoms with Crippen LogP contribution in [0.25, 0.3) is 0 Å². The fourth-order valence-electron chi connectivity index (χ4n) is 0. The molecule has 1 saturated carbocycles. The van der Waals surface area contributed by atoms with Gasteiger partial charge in [0.25, 0.3) is 0 Å². The van der Waals surface area contributed by atoms with Crippen LogP contribution in [-0.4, -0.2) is 13.0 Å². The standard InChI is InChI=1S/C3H6.K.H2O3S/c1-2-3-1;;1-4(2)3/h1-3H2;;4H,(H,1,2,3)/q;+1;/p-1. The summed E-state index contributed by atoms with van der Waals surface area (Å²) in [4.78, 5) is 0. The van der Waals surface area contributed by atoms with Gasteiger partial charge in [-0.2, -0.15) is 0 Å². The second-order valence-electron chi connectivity index (χ2n) is 1.28. The van der Waals surface area contributed by atoms with E-state index in [0.29, 0.717) is 0 Å². The minimum Gasteiger partial charge on any atom is -0.750 e. The van der Waals surface area contributed by atoms with Crippen molar-refractivity contribution in [2.75, 3.05) is 0 Å². The van der Waals surface area contributed by atoms with Gasteiger partial charge in [0.05, 0.1) is 11.0 Å². The molecule has 0 N–H and O–H groups in total. The van der Waals surface area contributed by atoms with Crippen molar-refractivity contribution in [2.45, 2.75) is 19.3 Å². The Morgan fingerprint density at radius 1 is 1.12 bits per heavy atom. The van der Waals surface area contributed by atoms with E-state index in [1.54, 1.807) is 0 Å². The fraction of sp³-hybridized carbons (Fsp3) is 1.00. The van der Waals surface area contributed by atoms with E-state index in [-0.39, 0.29) is 51.4 Å². The van der Waals surface area contributed by atoms with E-state index in [4.69, 9.17) is 13.0 Å². The largest absolute Gasteiger partial charge is 1.00 e. The van der Waals surface area contributed by atoms with Gasteiger partial charge in [0, 0.05) is 0 Å². The average Bonchev–Trinajstić information content (AvgIpc) is 2.02. The molecule has 8 heavy (non-hydrogen) atoms. The zero-order valence-corrected chi connectivity index (χ0v) is 8.81. The number of hydrogen-bond donors (Lipinski definition) is 1. The van der Waals surface area contributed by atoms with Crippen molar-refractivity contribution < 1.29 is 64.4 Å². The normalized spacial score (nSPS) is 13.2. The molecule has 0 aliphatic heterocycles. The summed E-state index contributed by atoms with van der Waals surface area (Å²) in [5.41, 5.74) is 0. The molecule has 0 aromatic carbocycles. The van der Waals surface area contributed by atoms with Crippen molar-refractivity contribution in [3.05, 3.63) is 0 Å². The van der Waals surface area contributed by atoms with Gasteiger partial charge in [0.2, 0.25) is 0 Å². The quantitative estimate of drug-likeness (QED) is 0.233. The molecule has 0 unspecified atom stereocenters. The summed E-state index contributed by atoms with van der Waals surface area (Å²) in [6, 6.07) is 0. The van der Waals surface area contributed by atoms with Crippen molar-refractivity contribution in [3.63, 3.8) is 0 Å². The third-order valence-electron chi connectivity index (χ3n) is 0.354. The van der Waals surface area contributed by atoms with E-state index in [1.807, 2.05) is 0 Å². The van der Waals surface area contributed by atoms with Crippen LogP contribution in [0.4, 0.5) is 0 Å². The van der Waals surface area contributed by atoms with Crippen LogP contribution in [0.2, 0.25) is 0 Å². The van der Waals surface area contributed by atoms with Crippen molar-refractivity contribution in [3.8, 4) is 0 Å². The molecule has 0 aromatic rings. The second-order valence-corrected chi connectivity index (χ2v) is 1.73. The Morgan fingerprint density at radius 3 is 1.25 bits per heavy atom. The number of hydrogen-bond acceptors (Lipinski definition) is 3. The van der Waals surface area contributed by atoms with Gasteiger partial charge in [-0.1, -0.05) is 19.3 Å². The molecule has 3 nitrogen and oxygen atoms in total. The van der Waals surface area contributed by atoms with Crippen LogP contribution in [0.5, 0.6) is 0 Å². The summed E-state index contributed by atoms with van der Waals surface area (Å²) in [6.07, 6.45) is 4.50. The van der Waals surface area contributed by atoms with Crippen LogP contribution in [0, 0.1) is 0 Å². The van der Waals surface area contributed by atoms with Crippen LogP contribution in [0.1, 0.15) is 19.3 Å². The van der Waals surface area contributed by atoms with E-state index in [2.05, 4.69) is 0 Å². The van der Waals surface area contributed by atoms with Gasteiger partial charge in [0.1, 0.15) is 0 Å². The molecule has 0 bridgehead atoms. The van der Waals surface area contributed by atoms with Gasteiger partial charge in [-0.25, -0.2) is 8.42 Å². The molecule has 0 radical (unpaired) electrons. The van der Waals surface area contributed by atoms with E-state index in [0.717, 1.165) is 0 Å². The first-order valence-corrected chi connectivity index (χ1v) is 3.14. The molecule has 0 atom stereocenters. The predicted octanol–water partition coefficient (Wildman–Crippen LogP) is -3.10. The fourth-order valence-corrected chi connectivity index (χ4v) is 0. The molecule has 0 heterocycles. The Bertz CT molecular complexity index is 87.9. The molecular weight excluding hydrogens is 155 g/mol. The van der Waals surface area contributed by atoms with Gasteiger partial charge in [0.15, 0.2) is 0 Å². The Balaban J connectivity index is 0. The second kappa shape index (κ2) is 8.55. The van der Waals surface area contributed by atoms with Gasteiger partial charge in [-0.3, -0.25) is 0 Å². The molecular formula is C3H7KO3S. The van der Waals surface area contributed by atoms with E-state index < -0.39 is 11.0 Å². The van der Waals surface area contributed by atoms with Crippen LogP contribution in [0.15, 0.2) is 0 Å². The minimum atomic E-state index is -3.37. The molecule has 1 aliphatic carbocycles. The van der Waals surface area contributed by atoms with Crippen molar-refractivity contribution in [1.82, 2.24) is 0 Å². The minimum absolute atomic E-state index is 0. The van der Waals surface area contributed by atoms with Crippen LogP contribution >= 0.6 is 0 Å². The molecule has 44 valence electrons. The summed E-state index contributed by atoms with van der Waals surface area (Å²) in [6.45, 7) is 0. The molecule has 0 amide bonds. The summed E-state index contributed by atoms with van der Waals surface area (Å²) in [7, 11) is -3.37. The molecule has 0 saturated heterocycles. The first kappa shape index (κ1) is 12.2. The third kappa shape index (κ3) is 49.9. The molecule has 0 aromatic heterocycles. The van der Waals surface area contributed by atoms with Crippen molar-refractivity contribution in [2.24, 2.45) is 0 Å². The smallest absolute Gasteiger partial charge is 0.750 e. The third-order valence-corrected chi connectivity index (χ3v) is 0.354. The average molecular weight is 162 g/mol. The van der Waals surface area contributed by atoms with Crippen LogP contribution in [0.3, 0.4) is 0 Å². The van der Waals surface area contributed by atoms with E-state index in [9.17, 15) is 0 Å². The van der Waals surface area contributed by atoms with Crippen LogP contribution < -0.4 is 51.4 Å². The van der Waals surface area contributed by atoms with Crippen LogP contribution in [-0.2, 0) is 11.0 Å². The van der Waals surface area contributed by atoms with Gasteiger partial charge in [-0.05, 0) is 0 Å². The zero-order chi connectivity index (χ0) is 5.70. The summed E-state index contributed by atoms with van der Waals surface area (Å²) < 4.78 is 25.4. The van der Waals surface area contributed by atoms with E-state index in [1.165, 1.54) is 19.3 Å². The Morgan fingerprint density at radius 2 is 1.25 bits per heavy atom. The summed E-state index contributed by atoms with van der Waals surface area (Å²) in [5, 5.41) is 0. The molecule has 1 aliphatic rings. The van der Waals surface area contributed by atoms with Gasteiger partial charge >= 0.3 is 51.4 Å². The predicted molar refractivity (Wildman–Crippen MR) is 24.9 cm³/mol.